The molecule has 2 unspecified atom stereocenters. The molecule has 138 valence electrons. The van der Waals surface area contributed by atoms with E-state index in [1.165, 1.54) is 0 Å². The Balaban J connectivity index is 1.90. The van der Waals surface area contributed by atoms with Crippen molar-refractivity contribution in [3.63, 3.8) is 0 Å². The Morgan fingerprint density at radius 3 is 2.88 bits per heavy atom. The lowest BCUT2D eigenvalue weighted by Gasteiger charge is -2.48. The molecule has 0 saturated carbocycles. The fourth-order valence-corrected chi connectivity index (χ4v) is 4.63. The smallest absolute Gasteiger partial charge is 0.145 e. The van der Waals surface area contributed by atoms with Gasteiger partial charge >= 0.3 is 0 Å². The van der Waals surface area contributed by atoms with Gasteiger partial charge in [0.05, 0.1) is 24.4 Å². The average Bonchev–Trinajstić information content (AvgIpc) is 2.99. The summed E-state index contributed by atoms with van der Waals surface area (Å²) in [6, 6.07) is 5.38. The average molecular weight is 356 g/mol. The molecule has 4 nitrogen and oxygen atoms in total. The Labute approximate surface area is 153 Å². The number of nitrogens with one attached hydrogen (secondary N) is 1. The number of fused-ring (bicyclic) bond motifs is 3. The van der Waals surface area contributed by atoms with Crippen LogP contribution in [0.2, 0.25) is 0 Å². The molecule has 1 saturated heterocycles. The lowest BCUT2D eigenvalue weighted by atomic mass is 9.66. The number of ether oxygens (including phenoxy) is 2. The van der Waals surface area contributed by atoms with Gasteiger partial charge in [-0.15, -0.1) is 0 Å². The van der Waals surface area contributed by atoms with Crippen molar-refractivity contribution in [3.8, 4) is 16.9 Å². The van der Waals surface area contributed by atoms with Gasteiger partial charge in [0.15, 0.2) is 0 Å². The van der Waals surface area contributed by atoms with Crippen LogP contribution in [0.3, 0.4) is 0 Å². The Hall–Kier alpha value is -2.14. The van der Waals surface area contributed by atoms with Gasteiger partial charge in [-0.2, -0.15) is 0 Å². The van der Waals surface area contributed by atoms with E-state index in [1.807, 2.05) is 13.0 Å². The van der Waals surface area contributed by atoms with Crippen LogP contribution in [0.5, 0.6) is 5.75 Å². The van der Waals surface area contributed by atoms with Gasteiger partial charge in [-0.05, 0) is 51.0 Å². The van der Waals surface area contributed by atoms with E-state index in [0.717, 1.165) is 29.8 Å². The van der Waals surface area contributed by atoms with E-state index < -0.39 is 0 Å². The molecule has 3 heterocycles. The van der Waals surface area contributed by atoms with E-state index in [1.54, 1.807) is 24.5 Å². The zero-order valence-corrected chi connectivity index (χ0v) is 15.7. The summed E-state index contributed by atoms with van der Waals surface area (Å²) in [6.07, 6.45) is 4.28. The van der Waals surface area contributed by atoms with Gasteiger partial charge in [0, 0.05) is 35.0 Å². The van der Waals surface area contributed by atoms with Crippen LogP contribution in [0.1, 0.15) is 39.7 Å². The van der Waals surface area contributed by atoms with Crippen molar-refractivity contribution in [3.05, 3.63) is 42.0 Å². The number of hydrogen-bond acceptors (Lipinski definition) is 4. The van der Waals surface area contributed by atoms with Gasteiger partial charge in [0.25, 0.3) is 0 Å². The molecule has 2 atom stereocenters. The van der Waals surface area contributed by atoms with Crippen LogP contribution < -0.4 is 10.1 Å². The highest BCUT2D eigenvalue weighted by atomic mass is 19.1. The zero-order valence-electron chi connectivity index (χ0n) is 15.7. The predicted octanol–water partition coefficient (Wildman–Crippen LogP) is 4.54. The number of pyridine rings is 1. The standard InChI is InChI=1S/C21H25FN2O2/c1-5-25-18-12-23-8-6-13(18)14-10-15-17(11-16(14)22)24-20(2,3)19-21(15,4)7-9-26-19/h6,8,10-12,19,24H,5,7,9H2,1-4H3. The third-order valence-corrected chi connectivity index (χ3v) is 5.69. The van der Waals surface area contributed by atoms with E-state index in [0.29, 0.717) is 17.9 Å². The first-order chi connectivity index (χ1) is 12.4. The molecule has 1 N–H and O–H groups in total. The largest absolute Gasteiger partial charge is 0.492 e. The van der Waals surface area contributed by atoms with Gasteiger partial charge in [0.1, 0.15) is 11.6 Å². The van der Waals surface area contributed by atoms with Gasteiger partial charge < -0.3 is 14.8 Å². The molecule has 1 aromatic carbocycles. The Morgan fingerprint density at radius 1 is 1.31 bits per heavy atom. The first-order valence-corrected chi connectivity index (χ1v) is 9.18. The highest BCUT2D eigenvalue weighted by Gasteiger charge is 2.53. The molecule has 1 fully saturated rings. The van der Waals surface area contributed by atoms with Gasteiger partial charge in [-0.25, -0.2) is 4.39 Å². The van der Waals surface area contributed by atoms with Crippen molar-refractivity contribution >= 4 is 5.69 Å². The maximum atomic E-state index is 15.1. The molecule has 2 aliphatic rings. The molecule has 0 bridgehead atoms. The Morgan fingerprint density at radius 2 is 2.12 bits per heavy atom. The first-order valence-electron chi connectivity index (χ1n) is 9.18. The molecule has 2 aliphatic heterocycles. The van der Waals surface area contributed by atoms with Crippen molar-refractivity contribution in [2.75, 3.05) is 18.5 Å². The lowest BCUT2D eigenvalue weighted by Crippen LogP contribution is -2.56. The van der Waals surface area contributed by atoms with Crippen LogP contribution in [-0.2, 0) is 10.2 Å². The summed E-state index contributed by atoms with van der Waals surface area (Å²) < 4.78 is 26.8. The van der Waals surface area contributed by atoms with Crippen LogP contribution in [0, 0.1) is 5.82 Å². The predicted molar refractivity (Wildman–Crippen MR) is 100 cm³/mol. The minimum atomic E-state index is -0.264. The summed E-state index contributed by atoms with van der Waals surface area (Å²) in [7, 11) is 0. The topological polar surface area (TPSA) is 43.4 Å². The van der Waals surface area contributed by atoms with Crippen LogP contribution in [0.15, 0.2) is 30.6 Å². The lowest BCUT2D eigenvalue weighted by molar-refractivity contribution is 0.0352. The van der Waals surface area contributed by atoms with E-state index in [-0.39, 0.29) is 22.9 Å². The Kier molecular flexibility index (Phi) is 3.95. The van der Waals surface area contributed by atoms with Crippen molar-refractivity contribution in [2.24, 2.45) is 0 Å². The van der Waals surface area contributed by atoms with E-state index in [9.17, 15) is 0 Å². The second-order valence-corrected chi connectivity index (χ2v) is 7.95. The van der Waals surface area contributed by atoms with Crippen LogP contribution in [0.4, 0.5) is 10.1 Å². The number of nitrogens with zero attached hydrogens (tertiary/aromatic N) is 1. The summed E-state index contributed by atoms with van der Waals surface area (Å²) in [6.45, 7) is 9.60. The summed E-state index contributed by atoms with van der Waals surface area (Å²) in [5.41, 5.74) is 2.83. The summed E-state index contributed by atoms with van der Waals surface area (Å²) in [5.74, 6) is 0.336. The number of rotatable bonds is 3. The maximum absolute atomic E-state index is 15.1. The highest BCUT2D eigenvalue weighted by Crippen LogP contribution is 2.51. The number of benzene rings is 1. The molecule has 2 aromatic rings. The maximum Gasteiger partial charge on any atom is 0.145 e. The molecule has 4 rings (SSSR count). The molecule has 1 aromatic heterocycles. The quantitative estimate of drug-likeness (QED) is 0.877. The third kappa shape index (κ3) is 2.49. The van der Waals surface area contributed by atoms with Crippen molar-refractivity contribution in [1.82, 2.24) is 4.98 Å². The number of anilines is 1. The van der Waals surface area contributed by atoms with E-state index >= 15 is 4.39 Å². The summed E-state index contributed by atoms with van der Waals surface area (Å²) >= 11 is 0. The van der Waals surface area contributed by atoms with E-state index in [2.05, 4.69) is 31.1 Å². The minimum Gasteiger partial charge on any atom is -0.492 e. The normalized spacial score (nSPS) is 26.0. The highest BCUT2D eigenvalue weighted by molar-refractivity contribution is 5.75. The van der Waals surface area contributed by atoms with Gasteiger partial charge in [0.2, 0.25) is 0 Å². The molecule has 0 amide bonds. The number of halogens is 1. The fraction of sp³-hybridized carbons (Fsp3) is 0.476. The second kappa shape index (κ2) is 5.95. The zero-order chi connectivity index (χ0) is 18.5. The SMILES string of the molecule is CCOc1cnccc1-c1cc2c(cc1F)NC(C)(C)C1OCCC21C. The van der Waals surface area contributed by atoms with Crippen LogP contribution in [-0.4, -0.2) is 29.8 Å². The molecular weight excluding hydrogens is 331 g/mol. The molecule has 0 aliphatic carbocycles. The third-order valence-electron chi connectivity index (χ3n) is 5.69. The van der Waals surface area contributed by atoms with Crippen molar-refractivity contribution in [2.45, 2.75) is 51.2 Å². The molecule has 0 radical (unpaired) electrons. The van der Waals surface area contributed by atoms with Crippen molar-refractivity contribution < 1.29 is 13.9 Å². The molecule has 0 spiro atoms. The van der Waals surface area contributed by atoms with Gasteiger partial charge in [-0.1, -0.05) is 6.92 Å². The number of hydrogen-bond donors (Lipinski definition) is 1. The fourth-order valence-electron chi connectivity index (χ4n) is 4.63. The number of aromatic nitrogens is 1. The summed E-state index contributed by atoms with van der Waals surface area (Å²) in [5, 5.41) is 3.48. The van der Waals surface area contributed by atoms with Gasteiger partial charge in [-0.3, -0.25) is 4.98 Å². The van der Waals surface area contributed by atoms with Crippen molar-refractivity contribution in [1.29, 1.82) is 0 Å². The molecule has 5 heteroatoms. The first kappa shape index (κ1) is 17.3. The summed E-state index contributed by atoms with van der Waals surface area (Å²) in [4.78, 5) is 4.11. The monoisotopic (exact) mass is 356 g/mol. The molecular formula is C21H25FN2O2. The minimum absolute atomic E-state index is 0.0459. The van der Waals surface area contributed by atoms with E-state index in [4.69, 9.17) is 9.47 Å². The van der Waals surface area contributed by atoms with Crippen LogP contribution >= 0.6 is 0 Å². The van der Waals surface area contributed by atoms with Crippen LogP contribution in [0.25, 0.3) is 11.1 Å². The Bertz CT molecular complexity index is 852. The molecule has 26 heavy (non-hydrogen) atoms. The second-order valence-electron chi connectivity index (χ2n) is 7.95.